The zero-order valence-corrected chi connectivity index (χ0v) is 12.8. The molecule has 1 aromatic carbocycles. The van der Waals surface area contributed by atoms with Gasteiger partial charge in [-0.15, -0.1) is 11.3 Å². The van der Waals surface area contributed by atoms with E-state index in [1.807, 2.05) is 17.0 Å². The van der Waals surface area contributed by atoms with Crippen molar-refractivity contribution in [3.8, 4) is 0 Å². The number of likely N-dealkylation sites (tertiary alicyclic amines) is 2. The zero-order valence-electron chi connectivity index (χ0n) is 12.0. The van der Waals surface area contributed by atoms with E-state index in [2.05, 4.69) is 9.88 Å². The first kappa shape index (κ1) is 13.8. The molecular weight excluding hydrogens is 301 g/mol. The van der Waals surface area contributed by atoms with E-state index >= 15 is 0 Å². The summed E-state index contributed by atoms with van der Waals surface area (Å²) < 4.78 is 13.7. The average Bonchev–Trinajstić information content (AvgIpc) is 3.14. The molecular formula is C16H16FN3OS. The molecule has 2 aliphatic heterocycles. The highest BCUT2D eigenvalue weighted by molar-refractivity contribution is 7.07. The fraction of sp³-hybridized carbons (Fsp3) is 0.375. The fourth-order valence-corrected chi connectivity index (χ4v) is 3.94. The predicted octanol–water partition coefficient (Wildman–Crippen LogP) is 2.24. The summed E-state index contributed by atoms with van der Waals surface area (Å²) in [7, 11) is 0. The normalized spacial score (nSPS) is 24.1. The van der Waals surface area contributed by atoms with E-state index in [-0.39, 0.29) is 11.7 Å². The van der Waals surface area contributed by atoms with Gasteiger partial charge < -0.3 is 4.90 Å². The molecule has 0 bridgehead atoms. The third-order valence-electron chi connectivity index (χ3n) is 4.61. The Hall–Kier alpha value is -1.79. The maximum absolute atomic E-state index is 13.7. The molecule has 0 saturated carbocycles. The van der Waals surface area contributed by atoms with Crippen LogP contribution < -0.4 is 0 Å². The van der Waals surface area contributed by atoms with Gasteiger partial charge in [-0.2, -0.15) is 0 Å². The van der Waals surface area contributed by atoms with E-state index in [0.29, 0.717) is 24.2 Å². The lowest BCUT2D eigenvalue weighted by atomic mass is 9.91. The van der Waals surface area contributed by atoms with E-state index in [4.69, 9.17) is 0 Å². The number of amides is 1. The molecule has 1 amide bonds. The van der Waals surface area contributed by atoms with Gasteiger partial charge in [-0.05, 0) is 6.07 Å². The number of nitrogens with zero attached hydrogens (tertiary/aromatic N) is 3. The first-order chi connectivity index (χ1) is 10.7. The van der Waals surface area contributed by atoms with E-state index in [1.165, 1.54) is 17.4 Å². The standard InChI is InChI=1S/C16H16FN3OS/c17-13-4-2-1-3-11(13)5-19-6-12-7-20(8-15(12)19)16(21)14-9-22-10-18-14/h1-4,9-10,12,15H,5-8H2. The molecule has 4 rings (SSSR count). The summed E-state index contributed by atoms with van der Waals surface area (Å²) in [6.07, 6.45) is 0. The van der Waals surface area contributed by atoms with Gasteiger partial charge in [-0.1, -0.05) is 18.2 Å². The van der Waals surface area contributed by atoms with Crippen LogP contribution in [0.25, 0.3) is 0 Å². The number of aromatic nitrogens is 1. The Morgan fingerprint density at radius 2 is 2.18 bits per heavy atom. The number of rotatable bonds is 3. The van der Waals surface area contributed by atoms with Gasteiger partial charge in [0.25, 0.3) is 5.91 Å². The highest BCUT2D eigenvalue weighted by atomic mass is 32.1. The fourth-order valence-electron chi connectivity index (χ4n) is 3.42. The Morgan fingerprint density at radius 3 is 2.95 bits per heavy atom. The van der Waals surface area contributed by atoms with Crippen molar-refractivity contribution in [3.05, 3.63) is 52.2 Å². The Balaban J connectivity index is 1.41. The summed E-state index contributed by atoms with van der Waals surface area (Å²) in [5.74, 6) is 0.371. The third kappa shape index (κ3) is 2.32. The average molecular weight is 317 g/mol. The number of hydrogen-bond donors (Lipinski definition) is 0. The van der Waals surface area contributed by atoms with Crippen molar-refractivity contribution >= 4 is 17.2 Å². The summed E-state index contributed by atoms with van der Waals surface area (Å²) in [6, 6.07) is 7.25. The molecule has 22 heavy (non-hydrogen) atoms. The summed E-state index contributed by atoms with van der Waals surface area (Å²) in [5.41, 5.74) is 2.94. The first-order valence-corrected chi connectivity index (χ1v) is 8.31. The van der Waals surface area contributed by atoms with Crippen molar-refractivity contribution in [2.45, 2.75) is 12.6 Å². The predicted molar refractivity (Wildman–Crippen MR) is 82.1 cm³/mol. The minimum absolute atomic E-state index is 0.0153. The lowest BCUT2D eigenvalue weighted by Gasteiger charge is -2.43. The number of halogens is 1. The monoisotopic (exact) mass is 317 g/mol. The summed E-state index contributed by atoms with van der Waals surface area (Å²) in [5, 5.41) is 1.79. The van der Waals surface area contributed by atoms with Crippen LogP contribution in [-0.4, -0.2) is 46.4 Å². The van der Waals surface area contributed by atoms with E-state index in [1.54, 1.807) is 17.0 Å². The van der Waals surface area contributed by atoms with Crippen LogP contribution in [0.3, 0.4) is 0 Å². The van der Waals surface area contributed by atoms with E-state index in [0.717, 1.165) is 25.2 Å². The molecule has 0 N–H and O–H groups in total. The van der Waals surface area contributed by atoms with Gasteiger partial charge in [0.1, 0.15) is 11.5 Å². The van der Waals surface area contributed by atoms with Crippen LogP contribution in [0, 0.1) is 11.7 Å². The van der Waals surface area contributed by atoms with E-state index in [9.17, 15) is 9.18 Å². The molecule has 0 aliphatic carbocycles. The van der Waals surface area contributed by atoms with Crippen LogP contribution in [0.1, 0.15) is 16.1 Å². The maximum Gasteiger partial charge on any atom is 0.273 e. The number of hydrogen-bond acceptors (Lipinski definition) is 4. The second-order valence-electron chi connectivity index (χ2n) is 5.93. The zero-order chi connectivity index (χ0) is 15.1. The molecule has 114 valence electrons. The molecule has 0 radical (unpaired) electrons. The first-order valence-electron chi connectivity index (χ1n) is 7.37. The van der Waals surface area contributed by atoms with Crippen LogP contribution in [0.4, 0.5) is 4.39 Å². The van der Waals surface area contributed by atoms with Crippen molar-refractivity contribution in [2.75, 3.05) is 19.6 Å². The Bertz CT molecular complexity index is 690. The number of thiazole rings is 1. The van der Waals surface area contributed by atoms with Crippen molar-refractivity contribution in [1.29, 1.82) is 0 Å². The van der Waals surface area contributed by atoms with Crippen molar-refractivity contribution < 1.29 is 9.18 Å². The molecule has 2 fully saturated rings. The second-order valence-corrected chi connectivity index (χ2v) is 6.65. The minimum atomic E-state index is -0.153. The Morgan fingerprint density at radius 1 is 1.32 bits per heavy atom. The molecule has 1 aromatic heterocycles. The number of carbonyl (C=O) groups excluding carboxylic acids is 1. The van der Waals surface area contributed by atoms with Crippen molar-refractivity contribution in [2.24, 2.45) is 5.92 Å². The smallest absolute Gasteiger partial charge is 0.273 e. The number of carbonyl (C=O) groups is 1. The van der Waals surface area contributed by atoms with Crippen LogP contribution in [0.15, 0.2) is 35.2 Å². The van der Waals surface area contributed by atoms with Crippen LogP contribution >= 0.6 is 11.3 Å². The van der Waals surface area contributed by atoms with Crippen LogP contribution in [-0.2, 0) is 6.54 Å². The molecule has 6 heteroatoms. The third-order valence-corrected chi connectivity index (χ3v) is 5.20. The van der Waals surface area contributed by atoms with Gasteiger partial charge in [0, 0.05) is 49.1 Å². The number of benzene rings is 1. The van der Waals surface area contributed by atoms with Crippen LogP contribution in [0.5, 0.6) is 0 Å². The van der Waals surface area contributed by atoms with Gasteiger partial charge in [-0.3, -0.25) is 9.69 Å². The summed E-state index contributed by atoms with van der Waals surface area (Å²) >= 11 is 1.44. The molecule has 2 saturated heterocycles. The Kier molecular flexibility index (Phi) is 3.43. The number of fused-ring (bicyclic) bond motifs is 1. The molecule has 0 spiro atoms. The van der Waals surface area contributed by atoms with Gasteiger partial charge >= 0.3 is 0 Å². The SMILES string of the molecule is O=C(c1cscn1)N1CC2CN(Cc3ccccc3F)C2C1. The van der Waals surface area contributed by atoms with Gasteiger partial charge in [0.15, 0.2) is 0 Å². The summed E-state index contributed by atoms with van der Waals surface area (Å²) in [4.78, 5) is 20.6. The van der Waals surface area contributed by atoms with Crippen LogP contribution in [0.2, 0.25) is 0 Å². The molecule has 2 unspecified atom stereocenters. The molecule has 2 atom stereocenters. The minimum Gasteiger partial charge on any atom is -0.335 e. The van der Waals surface area contributed by atoms with E-state index < -0.39 is 0 Å². The molecule has 3 heterocycles. The van der Waals surface area contributed by atoms with Crippen molar-refractivity contribution in [1.82, 2.24) is 14.8 Å². The quantitative estimate of drug-likeness (QED) is 0.871. The molecule has 4 nitrogen and oxygen atoms in total. The summed E-state index contributed by atoms with van der Waals surface area (Å²) in [6.45, 7) is 3.05. The largest absolute Gasteiger partial charge is 0.335 e. The lowest BCUT2D eigenvalue weighted by Crippen LogP contribution is -2.54. The molecule has 2 aromatic rings. The maximum atomic E-state index is 13.7. The Labute approximate surface area is 132 Å². The highest BCUT2D eigenvalue weighted by Crippen LogP contribution is 2.34. The molecule has 2 aliphatic rings. The van der Waals surface area contributed by atoms with Gasteiger partial charge in [0.2, 0.25) is 0 Å². The topological polar surface area (TPSA) is 36.4 Å². The van der Waals surface area contributed by atoms with Gasteiger partial charge in [0.05, 0.1) is 5.51 Å². The second kappa shape index (κ2) is 5.44. The van der Waals surface area contributed by atoms with Crippen molar-refractivity contribution in [3.63, 3.8) is 0 Å². The van der Waals surface area contributed by atoms with Gasteiger partial charge in [-0.25, -0.2) is 9.37 Å². The lowest BCUT2D eigenvalue weighted by molar-refractivity contribution is 0.0423. The highest BCUT2D eigenvalue weighted by Gasteiger charge is 2.47.